The van der Waals surface area contributed by atoms with Crippen LogP contribution in [0.1, 0.15) is 31.2 Å². The van der Waals surface area contributed by atoms with Gasteiger partial charge < -0.3 is 20.7 Å². The number of pyridine rings is 1. The third-order valence-electron chi connectivity index (χ3n) is 7.77. The molecule has 4 aromatic rings. The predicted octanol–water partition coefficient (Wildman–Crippen LogP) is 4.12. The van der Waals surface area contributed by atoms with Crippen molar-refractivity contribution in [2.45, 2.75) is 42.7 Å². The Bertz CT molecular complexity index is 1730. The van der Waals surface area contributed by atoms with E-state index < -0.39 is 38.0 Å². The molecule has 4 atom stereocenters. The van der Waals surface area contributed by atoms with Gasteiger partial charge in [0.25, 0.3) is 0 Å². The molecule has 14 heteroatoms. The number of aromatic nitrogens is 4. The van der Waals surface area contributed by atoms with Crippen molar-refractivity contribution < 1.29 is 26.7 Å². The summed E-state index contributed by atoms with van der Waals surface area (Å²) in [6.07, 6.45) is 6.72. The number of benzene rings is 1. The van der Waals surface area contributed by atoms with Gasteiger partial charge in [0.05, 0.1) is 52.9 Å². The highest BCUT2D eigenvalue weighted by Crippen LogP contribution is 2.40. The molecule has 42 heavy (non-hydrogen) atoms. The second-order valence-electron chi connectivity index (χ2n) is 10.6. The zero-order valence-corrected chi connectivity index (χ0v) is 24.3. The van der Waals surface area contributed by atoms with E-state index in [1.165, 1.54) is 17.7 Å². The lowest BCUT2D eigenvalue weighted by Crippen LogP contribution is -2.55. The maximum absolute atomic E-state index is 14.9. The molecule has 3 N–H and O–H groups in total. The highest BCUT2D eigenvalue weighted by Gasteiger charge is 2.39. The van der Waals surface area contributed by atoms with Crippen LogP contribution in [0.3, 0.4) is 0 Å². The minimum Gasteiger partial charge on any atom is -0.453 e. The first-order valence-corrected chi connectivity index (χ1v) is 15.1. The van der Waals surface area contributed by atoms with Gasteiger partial charge >= 0.3 is 6.09 Å². The Morgan fingerprint density at radius 2 is 1.88 bits per heavy atom. The number of methoxy groups -OCH3 is 1. The molecule has 5 rings (SSSR count). The number of hydrogen-bond acceptors (Lipinski definition) is 9. The Hall–Kier alpha value is -4.17. The quantitative estimate of drug-likeness (QED) is 0.334. The minimum atomic E-state index is -3.81. The van der Waals surface area contributed by atoms with Crippen molar-refractivity contribution in [3.05, 3.63) is 66.1 Å². The Labute approximate surface area is 241 Å². The first-order valence-electron chi connectivity index (χ1n) is 13.2. The Kier molecular flexibility index (Phi) is 7.86. The molecule has 1 amide bonds. The standard InChI is InChI=1S/C28H31F2N7O4S/c1-15-9-16(10-22(31)26(15)36(2)28(38)41-3)19-7-8-32-14-24(19)34-27-33-13-17-5-6-23(35-37(17)27)25-20(29)11-18(12-21(25)30)42(4,39)40/h5-8,11-16,22,26H,9-10,31H2,1-4H3,(H,33,34)/t15-,16+,22+,26-/m0/s1. The predicted molar refractivity (Wildman–Crippen MR) is 152 cm³/mol. The number of fused-ring (bicyclic) bond motifs is 1. The Balaban J connectivity index is 1.45. The van der Waals surface area contributed by atoms with Crippen molar-refractivity contribution in [2.75, 3.05) is 25.7 Å². The van der Waals surface area contributed by atoms with Crippen LogP contribution in [0.2, 0.25) is 0 Å². The largest absolute Gasteiger partial charge is 0.453 e. The van der Waals surface area contributed by atoms with Gasteiger partial charge in [0, 0.05) is 25.5 Å². The van der Waals surface area contributed by atoms with Gasteiger partial charge in [0.1, 0.15) is 11.6 Å². The molecule has 1 fully saturated rings. The number of amides is 1. The Morgan fingerprint density at radius 1 is 1.17 bits per heavy atom. The first-order chi connectivity index (χ1) is 19.9. The van der Waals surface area contributed by atoms with Crippen LogP contribution in [0.4, 0.5) is 25.2 Å². The van der Waals surface area contributed by atoms with E-state index in [0.29, 0.717) is 17.6 Å². The Morgan fingerprint density at radius 3 is 2.52 bits per heavy atom. The van der Waals surface area contributed by atoms with E-state index in [0.717, 1.165) is 30.4 Å². The third-order valence-corrected chi connectivity index (χ3v) is 8.86. The number of nitrogens with one attached hydrogen (secondary N) is 1. The van der Waals surface area contributed by atoms with Crippen LogP contribution in [-0.4, -0.2) is 71.5 Å². The fourth-order valence-corrected chi connectivity index (χ4v) is 6.49. The van der Waals surface area contributed by atoms with Crippen LogP contribution >= 0.6 is 0 Å². The monoisotopic (exact) mass is 599 g/mol. The van der Waals surface area contributed by atoms with E-state index in [2.05, 4.69) is 27.3 Å². The summed E-state index contributed by atoms with van der Waals surface area (Å²) in [5.74, 6) is -1.69. The number of nitrogens with zero attached hydrogens (tertiary/aromatic N) is 5. The molecule has 0 aliphatic heterocycles. The number of sulfone groups is 1. The molecule has 0 spiro atoms. The molecule has 3 aromatic heterocycles. The van der Waals surface area contributed by atoms with Crippen molar-refractivity contribution in [3.8, 4) is 11.3 Å². The summed E-state index contributed by atoms with van der Waals surface area (Å²) >= 11 is 0. The van der Waals surface area contributed by atoms with E-state index >= 15 is 0 Å². The second kappa shape index (κ2) is 11.2. The summed E-state index contributed by atoms with van der Waals surface area (Å²) in [6.45, 7) is 2.05. The number of carbonyl (C=O) groups is 1. The summed E-state index contributed by atoms with van der Waals surface area (Å²) in [4.78, 5) is 21.9. The van der Waals surface area contributed by atoms with Gasteiger partial charge in [-0.05, 0) is 60.6 Å². The number of imidazole rings is 1. The van der Waals surface area contributed by atoms with Crippen LogP contribution < -0.4 is 11.1 Å². The third kappa shape index (κ3) is 5.51. The number of hydrogen-bond donors (Lipinski definition) is 2. The SMILES string of the molecule is COC(=O)N(C)[C@@H]1[C@H](N)C[C@H](c2ccncc2Nc2ncc3ccc(-c4c(F)cc(S(C)(=O)=O)cc4F)nn23)C[C@@H]1C. The molecule has 0 unspecified atom stereocenters. The van der Waals surface area contributed by atoms with Crippen molar-refractivity contribution in [1.29, 1.82) is 0 Å². The zero-order valence-electron chi connectivity index (χ0n) is 23.5. The molecule has 222 valence electrons. The van der Waals surface area contributed by atoms with Crippen LogP contribution in [-0.2, 0) is 14.6 Å². The van der Waals surface area contributed by atoms with E-state index in [9.17, 15) is 22.0 Å². The van der Waals surface area contributed by atoms with Crippen LogP contribution in [0, 0.1) is 17.6 Å². The topological polar surface area (TPSA) is 145 Å². The molecular weight excluding hydrogens is 568 g/mol. The molecule has 1 aliphatic rings. The summed E-state index contributed by atoms with van der Waals surface area (Å²) < 4.78 is 59.8. The molecular formula is C28H31F2N7O4S. The fourth-order valence-electron chi connectivity index (χ4n) is 5.86. The van der Waals surface area contributed by atoms with Crippen LogP contribution in [0.25, 0.3) is 16.8 Å². The molecule has 11 nitrogen and oxygen atoms in total. The number of halogens is 2. The fraction of sp³-hybridized carbons (Fsp3) is 0.357. The van der Waals surface area contributed by atoms with Gasteiger partial charge in [-0.3, -0.25) is 4.98 Å². The van der Waals surface area contributed by atoms with Gasteiger partial charge in [-0.1, -0.05) is 6.92 Å². The molecule has 0 saturated heterocycles. The molecule has 1 aliphatic carbocycles. The highest BCUT2D eigenvalue weighted by atomic mass is 32.2. The maximum Gasteiger partial charge on any atom is 0.409 e. The second-order valence-corrected chi connectivity index (χ2v) is 12.7. The van der Waals surface area contributed by atoms with Gasteiger partial charge in [-0.2, -0.15) is 9.61 Å². The molecule has 0 radical (unpaired) electrons. The molecule has 1 aromatic carbocycles. The van der Waals surface area contributed by atoms with E-state index in [1.807, 2.05) is 6.07 Å². The van der Waals surface area contributed by atoms with E-state index in [-0.39, 0.29) is 35.6 Å². The lowest BCUT2D eigenvalue weighted by Gasteiger charge is -2.43. The lowest BCUT2D eigenvalue weighted by atomic mass is 9.73. The average molecular weight is 600 g/mol. The van der Waals surface area contributed by atoms with E-state index in [1.54, 1.807) is 36.6 Å². The molecule has 3 heterocycles. The van der Waals surface area contributed by atoms with Gasteiger partial charge in [0.15, 0.2) is 9.84 Å². The number of likely N-dealkylation sites (N-methyl/N-ethyl adjacent to an activating group) is 1. The maximum atomic E-state index is 14.9. The number of nitrogens with two attached hydrogens (primary N) is 1. The number of rotatable bonds is 6. The number of carbonyl (C=O) groups excluding carboxylic acids is 1. The first kappa shape index (κ1) is 29.3. The zero-order chi connectivity index (χ0) is 30.3. The molecule has 0 bridgehead atoms. The number of anilines is 2. The van der Waals surface area contributed by atoms with Crippen LogP contribution in [0.15, 0.2) is 53.8 Å². The average Bonchev–Trinajstić information content (AvgIpc) is 3.33. The van der Waals surface area contributed by atoms with Crippen molar-refractivity contribution in [3.63, 3.8) is 0 Å². The summed E-state index contributed by atoms with van der Waals surface area (Å²) in [7, 11) is -0.778. The van der Waals surface area contributed by atoms with Gasteiger partial charge in [-0.25, -0.2) is 27.0 Å². The van der Waals surface area contributed by atoms with E-state index in [4.69, 9.17) is 10.5 Å². The summed E-state index contributed by atoms with van der Waals surface area (Å²) in [5, 5.41) is 7.66. The van der Waals surface area contributed by atoms with Crippen molar-refractivity contribution >= 4 is 33.1 Å². The minimum absolute atomic E-state index is 0.0437. The lowest BCUT2D eigenvalue weighted by molar-refractivity contribution is 0.0778. The number of ether oxygens (including phenoxy) is 1. The van der Waals surface area contributed by atoms with Crippen molar-refractivity contribution in [1.82, 2.24) is 24.5 Å². The molecule has 1 saturated carbocycles. The summed E-state index contributed by atoms with van der Waals surface area (Å²) in [6, 6.07) is 6.02. The normalized spacial score (nSPS) is 20.8. The van der Waals surface area contributed by atoms with Crippen LogP contribution in [0.5, 0.6) is 0 Å². The van der Waals surface area contributed by atoms with Crippen molar-refractivity contribution in [2.24, 2.45) is 11.7 Å². The smallest absolute Gasteiger partial charge is 0.409 e. The van der Waals surface area contributed by atoms with Gasteiger partial charge in [0.2, 0.25) is 5.95 Å². The summed E-state index contributed by atoms with van der Waals surface area (Å²) in [5.41, 5.74) is 8.25. The highest BCUT2D eigenvalue weighted by molar-refractivity contribution is 7.90. The van der Waals surface area contributed by atoms with Gasteiger partial charge in [-0.15, -0.1) is 0 Å².